The van der Waals surface area contributed by atoms with Gasteiger partial charge in [0.1, 0.15) is 5.82 Å². The molecule has 0 saturated heterocycles. The Balaban J connectivity index is 2.09. The Morgan fingerprint density at radius 1 is 1.11 bits per heavy atom. The zero-order chi connectivity index (χ0) is 13.4. The minimum atomic E-state index is -0.167. The largest absolute Gasteiger partial charge is 0.313 e. The smallest absolute Gasteiger partial charge is 0.123 e. The first-order chi connectivity index (χ1) is 8.58. The molecule has 0 aliphatic rings. The molecular weight excluding hydrogens is 245 g/mol. The lowest BCUT2D eigenvalue weighted by Crippen LogP contribution is -2.28. The van der Waals surface area contributed by atoms with E-state index in [-0.39, 0.29) is 5.82 Å². The molecule has 1 rings (SSSR count). The van der Waals surface area contributed by atoms with Crippen molar-refractivity contribution in [3.05, 3.63) is 30.1 Å². The third-order valence-corrected chi connectivity index (χ3v) is 3.87. The molecule has 0 saturated carbocycles. The van der Waals surface area contributed by atoms with Crippen molar-refractivity contribution in [1.29, 1.82) is 0 Å². The normalized spacial score (nSPS) is 12.9. The van der Waals surface area contributed by atoms with Gasteiger partial charge in [-0.1, -0.05) is 13.8 Å². The predicted octanol–water partition coefficient (Wildman–Crippen LogP) is 4.33. The number of rotatable bonds is 8. The first kappa shape index (κ1) is 15.5. The van der Waals surface area contributed by atoms with Crippen molar-refractivity contribution in [2.75, 3.05) is 12.3 Å². The van der Waals surface area contributed by atoms with Crippen LogP contribution in [0.15, 0.2) is 29.2 Å². The maximum atomic E-state index is 12.7. The van der Waals surface area contributed by atoms with E-state index in [2.05, 4.69) is 26.1 Å². The third-order valence-electron chi connectivity index (χ3n) is 2.85. The predicted molar refractivity (Wildman–Crippen MR) is 78.7 cm³/mol. The van der Waals surface area contributed by atoms with Gasteiger partial charge in [-0.05, 0) is 49.9 Å². The second kappa shape index (κ2) is 8.54. The number of benzene rings is 1. The summed E-state index contributed by atoms with van der Waals surface area (Å²) in [6, 6.07) is 7.29. The molecule has 18 heavy (non-hydrogen) atoms. The lowest BCUT2D eigenvalue weighted by Gasteiger charge is -2.14. The average molecular weight is 269 g/mol. The van der Waals surface area contributed by atoms with Crippen molar-refractivity contribution in [3.63, 3.8) is 0 Å². The van der Waals surface area contributed by atoms with Gasteiger partial charge in [-0.15, -0.1) is 11.8 Å². The maximum Gasteiger partial charge on any atom is 0.123 e. The van der Waals surface area contributed by atoms with Crippen LogP contribution in [0.1, 0.15) is 33.6 Å². The fourth-order valence-corrected chi connectivity index (χ4v) is 2.47. The number of halogens is 1. The van der Waals surface area contributed by atoms with Crippen LogP contribution in [0.5, 0.6) is 0 Å². The van der Waals surface area contributed by atoms with Gasteiger partial charge < -0.3 is 5.32 Å². The fourth-order valence-electron chi connectivity index (χ4n) is 1.69. The van der Waals surface area contributed by atoms with E-state index in [9.17, 15) is 4.39 Å². The van der Waals surface area contributed by atoms with Crippen LogP contribution in [-0.4, -0.2) is 18.3 Å². The van der Waals surface area contributed by atoms with E-state index < -0.39 is 0 Å². The molecule has 1 unspecified atom stereocenters. The Hall–Kier alpha value is -0.540. The molecule has 1 N–H and O–H groups in total. The quantitative estimate of drug-likeness (QED) is 0.557. The van der Waals surface area contributed by atoms with Crippen LogP contribution < -0.4 is 5.32 Å². The second-order valence-electron chi connectivity index (χ2n) is 5.13. The third kappa shape index (κ3) is 7.02. The van der Waals surface area contributed by atoms with Crippen molar-refractivity contribution in [1.82, 2.24) is 5.32 Å². The summed E-state index contributed by atoms with van der Waals surface area (Å²) in [5.41, 5.74) is 0. The first-order valence-electron chi connectivity index (χ1n) is 6.69. The van der Waals surface area contributed by atoms with Crippen molar-refractivity contribution in [3.8, 4) is 0 Å². The van der Waals surface area contributed by atoms with Crippen molar-refractivity contribution >= 4 is 11.8 Å². The summed E-state index contributed by atoms with van der Waals surface area (Å²) in [7, 11) is 0. The summed E-state index contributed by atoms with van der Waals surface area (Å²) in [4.78, 5) is 1.13. The molecule has 0 fully saturated rings. The number of hydrogen-bond donors (Lipinski definition) is 1. The van der Waals surface area contributed by atoms with E-state index in [4.69, 9.17) is 0 Å². The number of nitrogens with one attached hydrogen (secondary N) is 1. The van der Waals surface area contributed by atoms with Gasteiger partial charge in [-0.2, -0.15) is 0 Å². The summed E-state index contributed by atoms with van der Waals surface area (Å²) < 4.78 is 12.7. The molecule has 3 heteroatoms. The molecule has 1 aromatic carbocycles. The molecule has 0 aliphatic carbocycles. The lowest BCUT2D eigenvalue weighted by molar-refractivity contribution is 0.460. The molecule has 0 amide bonds. The SMILES string of the molecule is CC(C)CCC(C)NCCSc1ccc(F)cc1. The van der Waals surface area contributed by atoms with Crippen LogP contribution >= 0.6 is 11.8 Å². The highest BCUT2D eigenvalue weighted by Gasteiger charge is 2.02. The minimum absolute atomic E-state index is 0.167. The van der Waals surface area contributed by atoms with Gasteiger partial charge in [-0.25, -0.2) is 4.39 Å². The molecule has 0 aliphatic heterocycles. The molecule has 0 heterocycles. The molecule has 102 valence electrons. The van der Waals surface area contributed by atoms with Gasteiger partial charge in [0, 0.05) is 23.2 Å². The summed E-state index contributed by atoms with van der Waals surface area (Å²) in [5, 5.41) is 3.52. The Morgan fingerprint density at radius 3 is 2.39 bits per heavy atom. The molecular formula is C15H24FNS. The van der Waals surface area contributed by atoms with E-state index >= 15 is 0 Å². The Kier molecular flexibility index (Phi) is 7.36. The average Bonchev–Trinajstić information content (AvgIpc) is 2.34. The van der Waals surface area contributed by atoms with E-state index in [1.165, 1.54) is 25.0 Å². The van der Waals surface area contributed by atoms with E-state index in [0.29, 0.717) is 6.04 Å². The van der Waals surface area contributed by atoms with Gasteiger partial charge in [0.25, 0.3) is 0 Å². The van der Waals surface area contributed by atoms with Gasteiger partial charge in [0.15, 0.2) is 0 Å². The standard InChI is InChI=1S/C15H24FNS/c1-12(2)4-5-13(3)17-10-11-18-15-8-6-14(16)7-9-15/h6-9,12-13,17H,4-5,10-11H2,1-3H3. The molecule has 0 aromatic heterocycles. The van der Waals surface area contributed by atoms with E-state index in [0.717, 1.165) is 23.1 Å². The number of hydrogen-bond acceptors (Lipinski definition) is 2. The topological polar surface area (TPSA) is 12.0 Å². The zero-order valence-electron chi connectivity index (χ0n) is 11.6. The maximum absolute atomic E-state index is 12.7. The van der Waals surface area contributed by atoms with E-state index in [1.54, 1.807) is 11.8 Å². The molecule has 0 spiro atoms. The molecule has 1 atom stereocenters. The van der Waals surface area contributed by atoms with Crippen LogP contribution in [-0.2, 0) is 0 Å². The summed E-state index contributed by atoms with van der Waals surface area (Å²) in [6.45, 7) is 7.76. The Morgan fingerprint density at radius 2 is 1.78 bits per heavy atom. The second-order valence-corrected chi connectivity index (χ2v) is 6.30. The zero-order valence-corrected chi connectivity index (χ0v) is 12.4. The van der Waals surface area contributed by atoms with Crippen molar-refractivity contribution in [2.24, 2.45) is 5.92 Å². The van der Waals surface area contributed by atoms with Gasteiger partial charge in [0.05, 0.1) is 0 Å². The van der Waals surface area contributed by atoms with Crippen LogP contribution in [0.4, 0.5) is 4.39 Å². The summed E-state index contributed by atoms with van der Waals surface area (Å²) in [5.74, 6) is 1.64. The highest BCUT2D eigenvalue weighted by Crippen LogP contribution is 2.17. The van der Waals surface area contributed by atoms with Crippen LogP contribution in [0.3, 0.4) is 0 Å². The highest BCUT2D eigenvalue weighted by molar-refractivity contribution is 7.99. The van der Waals surface area contributed by atoms with Crippen LogP contribution in [0, 0.1) is 11.7 Å². The van der Waals surface area contributed by atoms with Gasteiger partial charge >= 0.3 is 0 Å². The highest BCUT2D eigenvalue weighted by atomic mass is 32.2. The summed E-state index contributed by atoms with van der Waals surface area (Å²) in [6.07, 6.45) is 2.51. The van der Waals surface area contributed by atoms with Crippen LogP contribution in [0.25, 0.3) is 0 Å². The molecule has 0 radical (unpaired) electrons. The van der Waals surface area contributed by atoms with Crippen LogP contribution in [0.2, 0.25) is 0 Å². The Labute approximate surface area is 115 Å². The van der Waals surface area contributed by atoms with E-state index in [1.807, 2.05) is 12.1 Å². The van der Waals surface area contributed by atoms with Gasteiger partial charge in [0.2, 0.25) is 0 Å². The number of thioether (sulfide) groups is 1. The fraction of sp³-hybridized carbons (Fsp3) is 0.600. The van der Waals surface area contributed by atoms with Gasteiger partial charge in [-0.3, -0.25) is 0 Å². The monoisotopic (exact) mass is 269 g/mol. The van der Waals surface area contributed by atoms with Crippen molar-refractivity contribution in [2.45, 2.75) is 44.6 Å². The molecule has 1 aromatic rings. The molecule has 1 nitrogen and oxygen atoms in total. The molecule has 0 bridgehead atoms. The minimum Gasteiger partial charge on any atom is -0.313 e. The summed E-state index contributed by atoms with van der Waals surface area (Å²) >= 11 is 1.77. The first-order valence-corrected chi connectivity index (χ1v) is 7.68. The Bertz CT molecular complexity index is 324. The van der Waals surface area contributed by atoms with Crippen molar-refractivity contribution < 1.29 is 4.39 Å². The lowest BCUT2D eigenvalue weighted by atomic mass is 10.0.